The highest BCUT2D eigenvalue weighted by molar-refractivity contribution is 6.30. The van der Waals surface area contributed by atoms with Crippen LogP contribution in [-0.4, -0.2) is 17.4 Å². The molecule has 0 aliphatic heterocycles. The lowest BCUT2D eigenvalue weighted by molar-refractivity contribution is -0.128. The number of fused-ring (bicyclic) bond motifs is 2. The Morgan fingerprint density at radius 1 is 1.19 bits per heavy atom. The average molecular weight is 307 g/mol. The summed E-state index contributed by atoms with van der Waals surface area (Å²) in [6.07, 6.45) is 4.95. The number of benzene rings is 1. The Bertz CT molecular complexity index is 604. The fraction of sp³-hybridized carbons (Fsp3) is 0.500. The number of nitrogens with one attached hydrogen (secondary N) is 1. The van der Waals surface area contributed by atoms with Crippen LogP contribution in [-0.2, 0) is 4.79 Å². The second-order valence-corrected chi connectivity index (χ2v) is 6.86. The molecule has 0 radical (unpaired) electrons. The SMILES string of the molecule is NC(=O)C12CCCC(NC(=O)c3cccc(Cl)c3)(CC1)C2. The molecule has 1 aromatic rings. The van der Waals surface area contributed by atoms with E-state index in [2.05, 4.69) is 5.32 Å². The van der Waals surface area contributed by atoms with E-state index in [0.29, 0.717) is 17.0 Å². The topological polar surface area (TPSA) is 72.2 Å². The highest BCUT2D eigenvalue weighted by Gasteiger charge is 2.54. The van der Waals surface area contributed by atoms with Crippen LogP contribution in [0.4, 0.5) is 0 Å². The Balaban J connectivity index is 1.79. The van der Waals surface area contributed by atoms with Crippen LogP contribution in [0.25, 0.3) is 0 Å². The van der Waals surface area contributed by atoms with Crippen LogP contribution in [0, 0.1) is 5.41 Å². The zero-order valence-electron chi connectivity index (χ0n) is 11.8. The first-order chi connectivity index (χ1) is 9.95. The van der Waals surface area contributed by atoms with Gasteiger partial charge in [0.25, 0.3) is 5.91 Å². The van der Waals surface area contributed by atoms with Crippen molar-refractivity contribution in [2.45, 2.75) is 44.1 Å². The van der Waals surface area contributed by atoms with Crippen LogP contribution in [0.15, 0.2) is 24.3 Å². The fourth-order valence-electron chi connectivity index (χ4n) is 3.94. The van der Waals surface area contributed by atoms with Crippen molar-refractivity contribution in [3.63, 3.8) is 0 Å². The molecule has 2 unspecified atom stereocenters. The molecule has 5 heteroatoms. The minimum Gasteiger partial charge on any atom is -0.369 e. The second kappa shape index (κ2) is 5.02. The molecule has 2 amide bonds. The number of rotatable bonds is 3. The summed E-state index contributed by atoms with van der Waals surface area (Å²) in [7, 11) is 0. The third-order valence-corrected chi connectivity index (χ3v) is 5.29. The number of halogens is 1. The van der Waals surface area contributed by atoms with E-state index in [-0.39, 0.29) is 17.4 Å². The molecule has 0 heterocycles. The Labute approximate surface area is 129 Å². The van der Waals surface area contributed by atoms with E-state index in [9.17, 15) is 9.59 Å². The maximum Gasteiger partial charge on any atom is 0.251 e. The van der Waals surface area contributed by atoms with Gasteiger partial charge in [-0.2, -0.15) is 0 Å². The van der Waals surface area contributed by atoms with Gasteiger partial charge in [0.05, 0.1) is 5.41 Å². The first kappa shape index (κ1) is 14.4. The Hall–Kier alpha value is -1.55. The third kappa shape index (κ3) is 2.53. The van der Waals surface area contributed by atoms with Gasteiger partial charge in [0.15, 0.2) is 0 Å². The molecule has 112 valence electrons. The molecule has 3 N–H and O–H groups in total. The van der Waals surface area contributed by atoms with Gasteiger partial charge >= 0.3 is 0 Å². The number of amides is 2. The summed E-state index contributed by atoms with van der Waals surface area (Å²) < 4.78 is 0. The minimum atomic E-state index is -0.417. The third-order valence-electron chi connectivity index (χ3n) is 5.06. The van der Waals surface area contributed by atoms with E-state index in [1.807, 2.05) is 0 Å². The van der Waals surface area contributed by atoms with Gasteiger partial charge in [0, 0.05) is 16.1 Å². The highest BCUT2D eigenvalue weighted by atomic mass is 35.5. The predicted molar refractivity (Wildman–Crippen MR) is 81.0 cm³/mol. The van der Waals surface area contributed by atoms with Crippen molar-refractivity contribution < 1.29 is 9.59 Å². The summed E-state index contributed by atoms with van der Waals surface area (Å²) in [5.41, 5.74) is 5.44. The Morgan fingerprint density at radius 3 is 2.71 bits per heavy atom. The minimum absolute atomic E-state index is 0.125. The van der Waals surface area contributed by atoms with Gasteiger partial charge in [-0.3, -0.25) is 9.59 Å². The normalized spacial score (nSPS) is 30.9. The first-order valence-corrected chi connectivity index (χ1v) is 7.71. The van der Waals surface area contributed by atoms with Crippen LogP contribution in [0.1, 0.15) is 48.9 Å². The monoisotopic (exact) mass is 306 g/mol. The van der Waals surface area contributed by atoms with Crippen molar-refractivity contribution in [3.8, 4) is 0 Å². The van der Waals surface area contributed by atoms with Gasteiger partial charge in [0.1, 0.15) is 0 Å². The van der Waals surface area contributed by atoms with Gasteiger partial charge in [0.2, 0.25) is 5.91 Å². The summed E-state index contributed by atoms with van der Waals surface area (Å²) in [4.78, 5) is 24.2. The number of carbonyl (C=O) groups is 2. The predicted octanol–water partition coefficient (Wildman–Crippen LogP) is 2.65. The molecule has 1 aromatic carbocycles. The summed E-state index contributed by atoms with van der Waals surface area (Å²) in [6, 6.07) is 6.91. The summed E-state index contributed by atoms with van der Waals surface area (Å²) in [6.45, 7) is 0. The number of hydrogen-bond acceptors (Lipinski definition) is 2. The smallest absolute Gasteiger partial charge is 0.251 e. The molecule has 2 bridgehead atoms. The van der Waals surface area contributed by atoms with Crippen molar-refractivity contribution in [2.75, 3.05) is 0 Å². The largest absolute Gasteiger partial charge is 0.369 e. The van der Waals surface area contributed by atoms with Crippen LogP contribution in [0.3, 0.4) is 0 Å². The molecule has 0 aromatic heterocycles. The van der Waals surface area contributed by atoms with E-state index < -0.39 is 5.41 Å². The van der Waals surface area contributed by atoms with E-state index in [4.69, 9.17) is 17.3 Å². The quantitative estimate of drug-likeness (QED) is 0.901. The van der Waals surface area contributed by atoms with Crippen molar-refractivity contribution in [3.05, 3.63) is 34.9 Å². The van der Waals surface area contributed by atoms with Gasteiger partial charge in [-0.15, -0.1) is 0 Å². The first-order valence-electron chi connectivity index (χ1n) is 7.33. The van der Waals surface area contributed by atoms with Gasteiger partial charge in [-0.25, -0.2) is 0 Å². The van der Waals surface area contributed by atoms with Crippen molar-refractivity contribution in [2.24, 2.45) is 11.1 Å². The molecule has 2 fully saturated rings. The molecule has 2 aliphatic rings. The fourth-order valence-corrected chi connectivity index (χ4v) is 4.13. The van der Waals surface area contributed by atoms with Gasteiger partial charge in [-0.1, -0.05) is 24.1 Å². The van der Waals surface area contributed by atoms with Gasteiger partial charge in [-0.05, 0) is 50.3 Å². The Kier molecular flexibility index (Phi) is 3.44. The van der Waals surface area contributed by atoms with Crippen LogP contribution < -0.4 is 11.1 Å². The lowest BCUT2D eigenvalue weighted by Gasteiger charge is -2.38. The number of hydrogen-bond donors (Lipinski definition) is 2. The maximum atomic E-state index is 12.4. The molecular formula is C16H19ClN2O2. The molecule has 2 aliphatic carbocycles. The molecule has 2 saturated carbocycles. The second-order valence-electron chi connectivity index (χ2n) is 6.42. The van der Waals surface area contributed by atoms with E-state index in [0.717, 1.165) is 32.1 Å². The molecule has 2 atom stereocenters. The molecular weight excluding hydrogens is 288 g/mol. The number of carbonyl (C=O) groups excluding carboxylic acids is 2. The van der Waals surface area contributed by atoms with Crippen molar-refractivity contribution in [1.29, 1.82) is 0 Å². The molecule has 21 heavy (non-hydrogen) atoms. The highest BCUT2D eigenvalue weighted by Crippen LogP contribution is 2.53. The zero-order chi connectivity index (χ0) is 15.1. The van der Waals surface area contributed by atoms with E-state index in [1.54, 1.807) is 24.3 Å². The Morgan fingerprint density at radius 2 is 2.00 bits per heavy atom. The van der Waals surface area contributed by atoms with E-state index >= 15 is 0 Å². The lowest BCUT2D eigenvalue weighted by atomic mass is 9.72. The zero-order valence-corrected chi connectivity index (χ0v) is 12.6. The summed E-state index contributed by atoms with van der Waals surface area (Å²) >= 11 is 5.93. The van der Waals surface area contributed by atoms with Crippen LogP contribution in [0.2, 0.25) is 5.02 Å². The standard InChI is InChI=1S/C16H19ClN2O2/c17-12-4-1-3-11(9-12)13(20)19-16-6-2-5-15(10-16,7-8-16)14(18)21/h1,3-4,9H,2,5-8,10H2,(H2,18,21)(H,19,20). The summed E-state index contributed by atoms with van der Waals surface area (Å²) in [5.74, 6) is -0.347. The molecule has 4 nitrogen and oxygen atoms in total. The van der Waals surface area contributed by atoms with Crippen molar-refractivity contribution in [1.82, 2.24) is 5.32 Å². The molecule has 3 rings (SSSR count). The average Bonchev–Trinajstić information content (AvgIpc) is 2.71. The molecule has 0 saturated heterocycles. The van der Waals surface area contributed by atoms with Crippen molar-refractivity contribution >= 4 is 23.4 Å². The van der Waals surface area contributed by atoms with Crippen LogP contribution in [0.5, 0.6) is 0 Å². The van der Waals surface area contributed by atoms with Gasteiger partial charge < -0.3 is 11.1 Å². The summed E-state index contributed by atoms with van der Waals surface area (Å²) in [5, 5.41) is 3.68. The van der Waals surface area contributed by atoms with Crippen LogP contribution >= 0.6 is 11.6 Å². The maximum absolute atomic E-state index is 12.4. The molecule has 0 spiro atoms. The number of nitrogens with two attached hydrogens (primary N) is 1. The number of primary amides is 1. The lowest BCUT2D eigenvalue weighted by Crippen LogP contribution is -2.51. The van der Waals surface area contributed by atoms with E-state index in [1.165, 1.54) is 0 Å².